The van der Waals surface area contributed by atoms with Gasteiger partial charge in [-0.2, -0.15) is 10.5 Å². The van der Waals surface area contributed by atoms with Crippen LogP contribution in [0.1, 0.15) is 59.3 Å². The minimum atomic E-state index is 0.140. The molecule has 0 radical (unpaired) electrons. The average molecular weight is 246 g/mol. The molecule has 0 heterocycles. The van der Waals surface area contributed by atoms with Gasteiger partial charge < -0.3 is 0 Å². The molecule has 0 amide bonds. The molecule has 0 rings (SSSR count). The highest BCUT2D eigenvalue weighted by Crippen LogP contribution is 2.24. The van der Waals surface area contributed by atoms with E-state index in [9.17, 15) is 0 Å². The van der Waals surface area contributed by atoms with Crippen molar-refractivity contribution in [1.29, 1.82) is 10.5 Å². The van der Waals surface area contributed by atoms with Gasteiger partial charge in [0.25, 0.3) is 0 Å². The molecule has 0 aromatic carbocycles. The molecule has 0 aromatic heterocycles. The first-order chi connectivity index (χ1) is 8.49. The lowest BCUT2D eigenvalue weighted by atomic mass is 9.88. The summed E-state index contributed by atoms with van der Waals surface area (Å²) in [5, 5.41) is 17.3. The van der Waals surface area contributed by atoms with Gasteiger partial charge in [-0.15, -0.1) is 0 Å². The van der Waals surface area contributed by atoms with E-state index in [1.165, 1.54) is 5.57 Å². The number of nitrogens with zero attached hydrogens (tertiary/aromatic N) is 2. The maximum Gasteiger partial charge on any atom is 0.0652 e. The number of nitriles is 2. The van der Waals surface area contributed by atoms with Crippen molar-refractivity contribution in [3.8, 4) is 12.1 Å². The largest absolute Gasteiger partial charge is 0.198 e. The standard InChI is InChI=1S/C16H26N2/c1-13(7-5-6-8-17)9-14(2)10-15(3)11-16(4)12-18/h13,15-16H,2,5-7,9-11H2,1,3-4H3. The fraction of sp³-hybridized carbons (Fsp3) is 0.750. The van der Waals surface area contributed by atoms with Gasteiger partial charge in [0.2, 0.25) is 0 Å². The van der Waals surface area contributed by atoms with Crippen molar-refractivity contribution < 1.29 is 0 Å². The predicted octanol–water partition coefficient (Wildman–Crippen LogP) is 4.84. The van der Waals surface area contributed by atoms with Crippen molar-refractivity contribution in [2.75, 3.05) is 0 Å². The molecule has 0 N–H and O–H groups in total. The number of allylic oxidation sites excluding steroid dienone is 1. The number of hydrogen-bond acceptors (Lipinski definition) is 2. The summed E-state index contributed by atoms with van der Waals surface area (Å²) in [6.07, 6.45) is 5.79. The van der Waals surface area contributed by atoms with Crippen molar-refractivity contribution in [2.45, 2.75) is 59.3 Å². The minimum absolute atomic E-state index is 0.140. The third kappa shape index (κ3) is 8.82. The van der Waals surface area contributed by atoms with Crippen LogP contribution in [0.4, 0.5) is 0 Å². The zero-order valence-corrected chi connectivity index (χ0v) is 12.1. The van der Waals surface area contributed by atoms with E-state index in [0.717, 1.165) is 32.1 Å². The molecule has 0 saturated carbocycles. The molecule has 18 heavy (non-hydrogen) atoms. The minimum Gasteiger partial charge on any atom is -0.198 e. The molecule has 0 aliphatic heterocycles. The van der Waals surface area contributed by atoms with Crippen LogP contribution in [-0.2, 0) is 0 Å². The van der Waals surface area contributed by atoms with Gasteiger partial charge in [-0.3, -0.25) is 0 Å². The first-order valence-electron chi connectivity index (χ1n) is 6.92. The summed E-state index contributed by atoms with van der Waals surface area (Å²) in [6.45, 7) is 10.5. The molecule has 2 heteroatoms. The van der Waals surface area contributed by atoms with Crippen molar-refractivity contribution in [1.82, 2.24) is 0 Å². The average Bonchev–Trinajstić information content (AvgIpc) is 2.28. The fourth-order valence-corrected chi connectivity index (χ4v) is 2.44. The molecule has 0 aromatic rings. The molecule has 0 aliphatic rings. The summed E-state index contributed by atoms with van der Waals surface area (Å²) < 4.78 is 0. The van der Waals surface area contributed by atoms with Crippen molar-refractivity contribution in [3.63, 3.8) is 0 Å². The molecule has 3 unspecified atom stereocenters. The van der Waals surface area contributed by atoms with Crippen LogP contribution < -0.4 is 0 Å². The topological polar surface area (TPSA) is 47.6 Å². The first-order valence-corrected chi connectivity index (χ1v) is 6.92. The second kappa shape index (κ2) is 9.72. The quantitative estimate of drug-likeness (QED) is 0.432. The van der Waals surface area contributed by atoms with E-state index in [4.69, 9.17) is 10.5 Å². The van der Waals surface area contributed by atoms with E-state index in [2.05, 4.69) is 32.6 Å². The highest BCUT2D eigenvalue weighted by molar-refractivity contribution is 4.97. The summed E-state index contributed by atoms with van der Waals surface area (Å²) in [5.41, 5.74) is 1.29. The van der Waals surface area contributed by atoms with E-state index >= 15 is 0 Å². The van der Waals surface area contributed by atoms with Crippen LogP contribution in [0.25, 0.3) is 0 Å². The lowest BCUT2D eigenvalue weighted by Gasteiger charge is -2.17. The Hall–Kier alpha value is -1.28. The fourth-order valence-electron chi connectivity index (χ4n) is 2.44. The van der Waals surface area contributed by atoms with Gasteiger partial charge in [-0.1, -0.05) is 26.0 Å². The molecule has 3 atom stereocenters. The van der Waals surface area contributed by atoms with Gasteiger partial charge in [-0.05, 0) is 50.9 Å². The smallest absolute Gasteiger partial charge is 0.0652 e. The van der Waals surface area contributed by atoms with Gasteiger partial charge in [0.1, 0.15) is 0 Å². The molecule has 0 aliphatic carbocycles. The number of rotatable bonds is 9. The Balaban J connectivity index is 3.83. The maximum atomic E-state index is 8.78. The second-order valence-corrected chi connectivity index (χ2v) is 5.68. The second-order valence-electron chi connectivity index (χ2n) is 5.68. The molecule has 100 valence electrons. The number of hydrogen-bond donors (Lipinski definition) is 0. The van der Waals surface area contributed by atoms with Crippen LogP contribution in [0.5, 0.6) is 0 Å². The highest BCUT2D eigenvalue weighted by atomic mass is 14.3. The zero-order valence-electron chi connectivity index (χ0n) is 12.1. The zero-order chi connectivity index (χ0) is 14.0. The molecule has 2 nitrogen and oxygen atoms in total. The Bertz CT molecular complexity index is 319. The van der Waals surface area contributed by atoms with Crippen LogP contribution in [0.3, 0.4) is 0 Å². The Morgan fingerprint density at radius 2 is 1.72 bits per heavy atom. The first kappa shape index (κ1) is 16.7. The summed E-state index contributed by atoms with van der Waals surface area (Å²) >= 11 is 0. The molecule has 0 fully saturated rings. The van der Waals surface area contributed by atoms with Crippen molar-refractivity contribution in [2.24, 2.45) is 17.8 Å². The van der Waals surface area contributed by atoms with Gasteiger partial charge in [0, 0.05) is 12.3 Å². The van der Waals surface area contributed by atoms with Crippen LogP contribution >= 0.6 is 0 Å². The van der Waals surface area contributed by atoms with E-state index in [1.54, 1.807) is 0 Å². The van der Waals surface area contributed by atoms with Crippen LogP contribution in [-0.4, -0.2) is 0 Å². The van der Waals surface area contributed by atoms with E-state index in [-0.39, 0.29) is 5.92 Å². The summed E-state index contributed by atoms with van der Waals surface area (Å²) in [7, 11) is 0. The Morgan fingerprint density at radius 1 is 1.11 bits per heavy atom. The molecular weight excluding hydrogens is 220 g/mol. The van der Waals surface area contributed by atoms with Gasteiger partial charge in [0.05, 0.1) is 12.1 Å². The van der Waals surface area contributed by atoms with Crippen LogP contribution in [0, 0.1) is 40.4 Å². The normalized spacial score (nSPS) is 15.2. The maximum absolute atomic E-state index is 8.78. The predicted molar refractivity (Wildman–Crippen MR) is 75.6 cm³/mol. The van der Waals surface area contributed by atoms with Gasteiger partial charge >= 0.3 is 0 Å². The highest BCUT2D eigenvalue weighted by Gasteiger charge is 2.11. The van der Waals surface area contributed by atoms with Crippen LogP contribution in [0.2, 0.25) is 0 Å². The Kier molecular flexibility index (Phi) is 9.03. The summed E-state index contributed by atoms with van der Waals surface area (Å²) in [4.78, 5) is 0. The van der Waals surface area contributed by atoms with E-state index in [0.29, 0.717) is 18.3 Å². The Morgan fingerprint density at radius 3 is 2.28 bits per heavy atom. The van der Waals surface area contributed by atoms with E-state index in [1.807, 2.05) is 6.92 Å². The lowest BCUT2D eigenvalue weighted by molar-refractivity contribution is 0.443. The SMILES string of the molecule is C=C(CC(C)CCCC#N)CC(C)CC(C)C#N. The van der Waals surface area contributed by atoms with Gasteiger partial charge in [-0.25, -0.2) is 0 Å². The monoisotopic (exact) mass is 246 g/mol. The lowest BCUT2D eigenvalue weighted by Crippen LogP contribution is -2.04. The molecule has 0 bridgehead atoms. The Labute approximate surface area is 112 Å². The van der Waals surface area contributed by atoms with Crippen molar-refractivity contribution in [3.05, 3.63) is 12.2 Å². The molecule has 0 saturated heterocycles. The third-order valence-corrected chi connectivity index (χ3v) is 3.24. The summed E-state index contributed by atoms with van der Waals surface area (Å²) in [6, 6.07) is 4.47. The number of unbranched alkanes of at least 4 members (excludes halogenated alkanes) is 1. The van der Waals surface area contributed by atoms with Crippen LogP contribution in [0.15, 0.2) is 12.2 Å². The molecule has 0 spiro atoms. The molecular formula is C16H26N2. The van der Waals surface area contributed by atoms with Gasteiger partial charge in [0.15, 0.2) is 0 Å². The van der Waals surface area contributed by atoms with Crippen molar-refractivity contribution >= 4 is 0 Å². The van der Waals surface area contributed by atoms with E-state index < -0.39 is 0 Å². The third-order valence-electron chi connectivity index (χ3n) is 3.24. The summed E-state index contributed by atoms with van der Waals surface area (Å²) in [5.74, 6) is 1.30.